The van der Waals surface area contributed by atoms with E-state index in [2.05, 4.69) is 43.9 Å². The molecular weight excluding hydrogens is 344 g/mol. The Kier molecular flexibility index (Phi) is 5.29. The second kappa shape index (κ2) is 7.47. The van der Waals surface area contributed by atoms with Crippen molar-refractivity contribution >= 4 is 17.7 Å². The summed E-state index contributed by atoms with van der Waals surface area (Å²) in [7, 11) is 2.88. The van der Waals surface area contributed by atoms with Crippen LogP contribution in [0.15, 0.2) is 41.3 Å². The summed E-state index contributed by atoms with van der Waals surface area (Å²) < 4.78 is 10.1. The lowest BCUT2D eigenvalue weighted by Crippen LogP contribution is -2.22. The Labute approximate surface area is 159 Å². The summed E-state index contributed by atoms with van der Waals surface area (Å²) in [5.41, 5.74) is 3.74. The molecule has 4 heteroatoms. The predicted molar refractivity (Wildman–Crippen MR) is 105 cm³/mol. The van der Waals surface area contributed by atoms with Gasteiger partial charge < -0.3 is 9.47 Å². The maximum atomic E-state index is 11.7. The summed E-state index contributed by atoms with van der Waals surface area (Å²) in [4.78, 5) is 13.1. The van der Waals surface area contributed by atoms with Gasteiger partial charge in [-0.15, -0.1) is 11.8 Å². The Morgan fingerprint density at radius 2 is 1.77 bits per heavy atom. The normalized spacial score (nSPS) is 14.6. The summed E-state index contributed by atoms with van der Waals surface area (Å²) in [6, 6.07) is 11.7. The van der Waals surface area contributed by atoms with E-state index in [1.165, 1.54) is 31.1 Å². The molecule has 0 bridgehead atoms. The van der Waals surface area contributed by atoms with Crippen LogP contribution in [0.4, 0.5) is 0 Å². The molecule has 0 fully saturated rings. The molecule has 2 aromatic carbocycles. The van der Waals surface area contributed by atoms with Crippen molar-refractivity contribution in [3.63, 3.8) is 0 Å². The molecule has 1 heterocycles. The number of esters is 1. The molecule has 1 aliphatic heterocycles. The molecule has 134 valence electrons. The highest BCUT2D eigenvalue weighted by Gasteiger charge is 2.27. The Hall–Kier alpha value is -2.38. The fraction of sp³-hybridized carbons (Fsp3) is 0.318. The van der Waals surface area contributed by atoms with E-state index in [0.717, 1.165) is 16.9 Å². The van der Waals surface area contributed by atoms with Gasteiger partial charge in [-0.2, -0.15) is 0 Å². The van der Waals surface area contributed by atoms with Crippen LogP contribution in [0.3, 0.4) is 0 Å². The number of hydrogen-bond acceptors (Lipinski definition) is 4. The van der Waals surface area contributed by atoms with E-state index >= 15 is 0 Å². The lowest BCUT2D eigenvalue weighted by Gasteiger charge is -2.32. The van der Waals surface area contributed by atoms with Crippen molar-refractivity contribution in [3.8, 4) is 17.6 Å². The van der Waals surface area contributed by atoms with E-state index in [1.807, 2.05) is 11.8 Å². The first-order chi connectivity index (χ1) is 12.4. The van der Waals surface area contributed by atoms with Gasteiger partial charge in [-0.1, -0.05) is 25.7 Å². The van der Waals surface area contributed by atoms with E-state index in [1.54, 1.807) is 18.2 Å². The summed E-state index contributed by atoms with van der Waals surface area (Å²) in [6.45, 7) is 4.58. The number of ether oxygens (including phenoxy) is 2. The second-order valence-corrected chi connectivity index (χ2v) is 7.99. The highest BCUT2D eigenvalue weighted by Crippen LogP contribution is 2.41. The van der Waals surface area contributed by atoms with Crippen LogP contribution >= 0.6 is 11.8 Å². The highest BCUT2D eigenvalue weighted by atomic mass is 32.2. The molecule has 26 heavy (non-hydrogen) atoms. The molecule has 0 radical (unpaired) electrons. The Morgan fingerprint density at radius 1 is 1.08 bits per heavy atom. The molecule has 3 nitrogen and oxygen atoms in total. The van der Waals surface area contributed by atoms with Gasteiger partial charge in [0.1, 0.15) is 11.3 Å². The average Bonchev–Trinajstić information content (AvgIpc) is 2.65. The van der Waals surface area contributed by atoms with Gasteiger partial charge >= 0.3 is 5.97 Å². The van der Waals surface area contributed by atoms with Gasteiger partial charge in [0, 0.05) is 16.0 Å². The number of hydrogen-bond donors (Lipinski definition) is 0. The number of carbonyl (C=O) groups is 1. The maximum Gasteiger partial charge on any atom is 0.341 e. The largest absolute Gasteiger partial charge is 0.496 e. The molecule has 0 amide bonds. The fourth-order valence-electron chi connectivity index (χ4n) is 3.01. The molecule has 1 aliphatic rings. The number of thioether (sulfide) groups is 1. The van der Waals surface area contributed by atoms with Crippen molar-refractivity contribution in [1.29, 1.82) is 0 Å². The zero-order valence-corrected chi connectivity index (χ0v) is 16.3. The Bertz CT molecular complexity index is 903. The summed E-state index contributed by atoms with van der Waals surface area (Å²) >= 11 is 1.92. The first kappa shape index (κ1) is 18.4. The number of rotatable bonds is 2. The average molecular weight is 366 g/mol. The zero-order valence-electron chi connectivity index (χ0n) is 15.5. The van der Waals surface area contributed by atoms with Gasteiger partial charge in [-0.05, 0) is 59.6 Å². The van der Waals surface area contributed by atoms with Crippen molar-refractivity contribution in [3.05, 3.63) is 58.7 Å². The molecular formula is C22H22O3S. The van der Waals surface area contributed by atoms with Gasteiger partial charge in [-0.25, -0.2) is 4.79 Å². The third-order valence-corrected chi connectivity index (χ3v) is 5.73. The highest BCUT2D eigenvalue weighted by molar-refractivity contribution is 7.99. The van der Waals surface area contributed by atoms with Crippen LogP contribution in [0.2, 0.25) is 0 Å². The van der Waals surface area contributed by atoms with E-state index in [4.69, 9.17) is 9.47 Å². The minimum Gasteiger partial charge on any atom is -0.496 e. The molecule has 0 aliphatic carbocycles. The van der Waals surface area contributed by atoms with Crippen LogP contribution in [0, 0.1) is 11.8 Å². The SMILES string of the molecule is COC(=O)c1ccc(C#Cc2ccc3c(c2)C(C)(C)CCS3)cc1OC. The van der Waals surface area contributed by atoms with Crippen LogP contribution in [0.5, 0.6) is 5.75 Å². The minimum absolute atomic E-state index is 0.184. The summed E-state index contributed by atoms with van der Waals surface area (Å²) in [6.07, 6.45) is 1.17. The smallest absolute Gasteiger partial charge is 0.341 e. The molecule has 0 atom stereocenters. The molecule has 3 rings (SSSR count). The number of carbonyl (C=O) groups excluding carboxylic acids is 1. The van der Waals surface area contributed by atoms with Crippen LogP contribution in [0.25, 0.3) is 0 Å². The topological polar surface area (TPSA) is 35.5 Å². The zero-order chi connectivity index (χ0) is 18.7. The predicted octanol–water partition coefficient (Wildman–Crippen LogP) is 4.66. The lowest BCUT2D eigenvalue weighted by atomic mass is 9.81. The van der Waals surface area contributed by atoms with Crippen molar-refractivity contribution in [2.24, 2.45) is 0 Å². The van der Waals surface area contributed by atoms with E-state index < -0.39 is 5.97 Å². The molecule has 0 saturated carbocycles. The van der Waals surface area contributed by atoms with E-state index in [9.17, 15) is 4.79 Å². The van der Waals surface area contributed by atoms with Crippen LogP contribution < -0.4 is 4.74 Å². The Morgan fingerprint density at radius 3 is 2.46 bits per heavy atom. The van der Waals surface area contributed by atoms with E-state index in [-0.39, 0.29) is 5.41 Å². The van der Waals surface area contributed by atoms with Gasteiger partial charge in [0.05, 0.1) is 14.2 Å². The van der Waals surface area contributed by atoms with Crippen molar-refractivity contribution in [2.75, 3.05) is 20.0 Å². The van der Waals surface area contributed by atoms with Gasteiger partial charge in [0.25, 0.3) is 0 Å². The monoisotopic (exact) mass is 366 g/mol. The number of fused-ring (bicyclic) bond motifs is 1. The Balaban J connectivity index is 1.92. The van der Waals surface area contributed by atoms with Crippen molar-refractivity contribution < 1.29 is 14.3 Å². The standard InChI is InChI=1S/C22H22O3S/c1-22(2)11-12-26-20-10-8-15(13-18(20)22)5-6-16-7-9-17(21(23)25-4)19(14-16)24-3/h7-10,13-14H,11-12H2,1-4H3. The van der Waals surface area contributed by atoms with Crippen LogP contribution in [-0.4, -0.2) is 25.9 Å². The molecule has 0 spiro atoms. The van der Waals surface area contributed by atoms with Gasteiger partial charge in [0.2, 0.25) is 0 Å². The summed E-state index contributed by atoms with van der Waals surface area (Å²) in [5.74, 6) is 7.60. The van der Waals surface area contributed by atoms with Crippen molar-refractivity contribution in [2.45, 2.75) is 30.6 Å². The fourth-order valence-corrected chi connectivity index (χ4v) is 4.49. The minimum atomic E-state index is -0.421. The molecule has 0 unspecified atom stereocenters. The van der Waals surface area contributed by atoms with Gasteiger partial charge in [-0.3, -0.25) is 0 Å². The van der Waals surface area contributed by atoms with Crippen LogP contribution in [0.1, 0.15) is 47.3 Å². The summed E-state index contributed by atoms with van der Waals surface area (Å²) in [5, 5.41) is 0. The molecule has 0 saturated heterocycles. The first-order valence-electron chi connectivity index (χ1n) is 8.50. The van der Waals surface area contributed by atoms with Crippen molar-refractivity contribution in [1.82, 2.24) is 0 Å². The molecule has 2 aromatic rings. The molecule has 0 aromatic heterocycles. The quantitative estimate of drug-likeness (QED) is 0.572. The van der Waals surface area contributed by atoms with Crippen LogP contribution in [-0.2, 0) is 10.2 Å². The lowest BCUT2D eigenvalue weighted by molar-refractivity contribution is 0.0597. The number of benzene rings is 2. The third-order valence-electron chi connectivity index (χ3n) is 4.65. The first-order valence-corrected chi connectivity index (χ1v) is 9.49. The van der Waals surface area contributed by atoms with Gasteiger partial charge in [0.15, 0.2) is 0 Å². The third kappa shape index (κ3) is 3.73. The number of methoxy groups -OCH3 is 2. The van der Waals surface area contributed by atoms with E-state index in [0.29, 0.717) is 11.3 Å². The molecule has 0 N–H and O–H groups in total. The maximum absolute atomic E-state index is 11.7. The second-order valence-electron chi connectivity index (χ2n) is 6.85.